The van der Waals surface area contributed by atoms with Crippen LogP contribution in [0.1, 0.15) is 116 Å². The number of nitrogens with one attached hydrogen (secondary N) is 6. The van der Waals surface area contributed by atoms with Crippen molar-refractivity contribution < 1.29 is 78.9 Å². The maximum absolute atomic E-state index is 13.7. The number of anilines is 1. The minimum Gasteiger partial charge on any atom is -0.477 e. The van der Waals surface area contributed by atoms with E-state index in [1.165, 1.54) is 12.1 Å². The van der Waals surface area contributed by atoms with Crippen LogP contribution in [-0.2, 0) is 67.1 Å². The molecular formula is C76H83F7N10O10. The lowest BCUT2D eigenvalue weighted by atomic mass is 9.84. The average molecular weight is 1430 g/mol. The number of alkyl carbamates (subject to hydrolysis) is 1. The molecule has 5 heterocycles. The predicted octanol–water partition coefficient (Wildman–Crippen LogP) is 11.7. The van der Waals surface area contributed by atoms with E-state index in [1.54, 1.807) is 108 Å². The van der Waals surface area contributed by atoms with Crippen LogP contribution in [0.5, 0.6) is 0 Å². The van der Waals surface area contributed by atoms with Gasteiger partial charge in [0.05, 0.1) is 64.1 Å². The maximum Gasteiger partial charge on any atom is 0.407 e. The van der Waals surface area contributed by atoms with Gasteiger partial charge in [0, 0.05) is 57.1 Å². The number of nitrogens with two attached hydrogens (primary N) is 1. The summed E-state index contributed by atoms with van der Waals surface area (Å²) in [4.78, 5) is 94.7. The molecule has 20 nitrogen and oxygen atoms in total. The second-order valence-corrected chi connectivity index (χ2v) is 25.6. The Labute approximate surface area is 591 Å². The Morgan fingerprint density at radius 1 is 0.534 bits per heavy atom. The van der Waals surface area contributed by atoms with Gasteiger partial charge in [-0.2, -0.15) is 31.4 Å². The van der Waals surface area contributed by atoms with Crippen molar-refractivity contribution in [1.82, 2.24) is 41.7 Å². The van der Waals surface area contributed by atoms with E-state index < -0.39 is 75.9 Å². The molecule has 12 rings (SSSR count). The number of fused-ring (bicyclic) bond motifs is 1. The standard InChI is InChI=1S/C27H23F3N4O2.C19H20N2O3.C14H16F2N2O2.C11H14N2O.C3H4F2O2.C2H6/c1-26(18-6-4-3-5-7-18)23(32-25(36)27(2,29)30)15-24(35)33(26)21-12-13-22-17(14-21)16-31-34(22)20-10-8-19(28)9-11-20;1-19(15-10-6-3-7-11-15)16(12-17(22)21-19)20-18(23)24-13-14-8-4-2-5-9-14;1-13(9-6-4-3-5-7-9)10(8-11(19)18-13)17-12(20)14(2,15)16;1-11(8-5-3-2-4-6-8)9(12)7-10(14)13-11;1-3(4,5)2(6)7;1-2/h3-14,16,23H,15H2,1-2H3,(H,32,36);2-11,16H,12-13H2,1H3,(H,20,23)(H,21,22);3-7,10H,8H2,1-2H3,(H,17,20)(H,18,19);2-6,9H,7,12H2,1H3,(H,13,14);1H3,(H,6,7);1-2H3/t23-,26+;16-,19+;10-,13+;9-,11+;;/m0000../s1. The molecule has 103 heavy (non-hydrogen) atoms. The fourth-order valence-corrected chi connectivity index (χ4v) is 12.1. The van der Waals surface area contributed by atoms with Gasteiger partial charge in [0.25, 0.3) is 11.8 Å². The normalized spacial score (nSPS) is 22.6. The van der Waals surface area contributed by atoms with Gasteiger partial charge < -0.3 is 52.4 Å². The Balaban J connectivity index is 0.000000193. The third-order valence-electron chi connectivity index (χ3n) is 17.9. The molecular weight excluding hydrogens is 1350 g/mol. The second kappa shape index (κ2) is 33.2. The van der Waals surface area contributed by atoms with Gasteiger partial charge in [0.2, 0.25) is 23.6 Å². The van der Waals surface area contributed by atoms with Crippen LogP contribution in [0.25, 0.3) is 16.6 Å². The molecule has 0 spiro atoms. The van der Waals surface area contributed by atoms with E-state index in [0.717, 1.165) is 33.2 Å². The SMILES string of the molecule is CC.CC(F)(F)C(=O)N[C@H]1CC(=O)N(c2ccc3c(cnn3-c3ccc(F)cc3)c2)[C@]1(C)c1ccccc1.CC(F)(F)C(=O)N[C@H]1CC(=O)N[C@]1(C)c1ccccc1.CC(F)(F)C(=O)O.C[C@]1(c2ccccc2)NC(=O)C[C@@H]1N.C[C@]1(c2ccccc2)NC(=O)C[C@@H]1NC(=O)OCc1ccccc1. The fraction of sp³-hybridized carbons (Fsp3) is 0.329. The molecule has 0 bridgehead atoms. The summed E-state index contributed by atoms with van der Waals surface area (Å²) in [6.45, 7) is 12.9. The molecule has 0 aliphatic carbocycles. The number of amides is 7. The number of carbonyl (C=O) groups excluding carboxylic acids is 7. The number of benzene rings is 7. The molecule has 1 aromatic heterocycles. The Hall–Kier alpha value is -11.0. The lowest BCUT2D eigenvalue weighted by Gasteiger charge is -2.40. The minimum atomic E-state index is -3.58. The summed E-state index contributed by atoms with van der Waals surface area (Å²) < 4.78 is 96.3. The van der Waals surface area contributed by atoms with Gasteiger partial charge in [-0.3, -0.25) is 28.8 Å². The van der Waals surface area contributed by atoms with Crippen LogP contribution in [0.15, 0.2) is 200 Å². The highest BCUT2D eigenvalue weighted by atomic mass is 19.3. The van der Waals surface area contributed by atoms with Crippen LogP contribution < -0.4 is 42.5 Å². The largest absolute Gasteiger partial charge is 0.477 e. The monoisotopic (exact) mass is 1430 g/mol. The first-order chi connectivity index (χ1) is 48.5. The van der Waals surface area contributed by atoms with E-state index in [1.807, 2.05) is 131 Å². The number of aromatic nitrogens is 2. The molecule has 8 aromatic rings. The zero-order valence-corrected chi connectivity index (χ0v) is 58.1. The summed E-state index contributed by atoms with van der Waals surface area (Å²) in [5.74, 6) is -16.5. The number of carboxylic acid groups (broad SMARTS) is 1. The Morgan fingerprint density at radius 2 is 0.922 bits per heavy atom. The minimum absolute atomic E-state index is 0.0206. The average Bonchev–Trinajstić information content (AvgIpc) is 1.60. The summed E-state index contributed by atoms with van der Waals surface area (Å²) in [5, 5.41) is 28.8. The number of hydrogen-bond acceptors (Lipinski definition) is 11. The highest BCUT2D eigenvalue weighted by Crippen LogP contribution is 2.44. The predicted molar refractivity (Wildman–Crippen MR) is 373 cm³/mol. The first kappa shape index (κ1) is 79.4. The second-order valence-electron chi connectivity index (χ2n) is 25.6. The molecule has 0 saturated carbocycles. The van der Waals surface area contributed by atoms with Gasteiger partial charge in [0.15, 0.2) is 0 Å². The van der Waals surface area contributed by atoms with Crippen molar-refractivity contribution >= 4 is 64.1 Å². The van der Waals surface area contributed by atoms with Crippen molar-refractivity contribution in [2.24, 2.45) is 5.73 Å². The van der Waals surface area contributed by atoms with Crippen LogP contribution in [0.4, 0.5) is 41.2 Å². The van der Waals surface area contributed by atoms with Crippen molar-refractivity contribution in [3.8, 4) is 5.69 Å². The molecule has 4 saturated heterocycles. The number of aliphatic carboxylic acids is 1. The van der Waals surface area contributed by atoms with Gasteiger partial charge in [-0.25, -0.2) is 18.7 Å². The summed E-state index contributed by atoms with van der Waals surface area (Å²) >= 11 is 0. The number of ether oxygens (including phenoxy) is 1. The summed E-state index contributed by atoms with van der Waals surface area (Å²) in [5.41, 5.74) is 9.23. The Morgan fingerprint density at radius 3 is 1.35 bits per heavy atom. The van der Waals surface area contributed by atoms with Gasteiger partial charge in [0.1, 0.15) is 12.4 Å². The van der Waals surface area contributed by atoms with E-state index in [4.69, 9.17) is 15.6 Å². The zero-order chi connectivity index (χ0) is 75.9. The molecule has 0 unspecified atom stereocenters. The fourth-order valence-electron chi connectivity index (χ4n) is 12.1. The number of carbonyl (C=O) groups is 8. The maximum atomic E-state index is 13.7. The molecule has 27 heteroatoms. The summed E-state index contributed by atoms with van der Waals surface area (Å²) in [6, 6.07) is 56.1. The first-order valence-corrected chi connectivity index (χ1v) is 32.9. The number of rotatable bonds is 14. The number of halogens is 7. The van der Waals surface area contributed by atoms with E-state index in [-0.39, 0.29) is 67.4 Å². The van der Waals surface area contributed by atoms with E-state index in [9.17, 15) is 69.1 Å². The Kier molecular flexibility index (Phi) is 25.6. The molecule has 9 N–H and O–H groups in total. The number of alkyl halides is 6. The highest BCUT2D eigenvalue weighted by Gasteiger charge is 2.54. The van der Waals surface area contributed by atoms with Crippen LogP contribution >= 0.6 is 0 Å². The van der Waals surface area contributed by atoms with Crippen molar-refractivity contribution in [3.63, 3.8) is 0 Å². The van der Waals surface area contributed by atoms with E-state index >= 15 is 0 Å². The molecule has 7 aromatic carbocycles. The van der Waals surface area contributed by atoms with Crippen molar-refractivity contribution in [3.05, 3.63) is 234 Å². The zero-order valence-electron chi connectivity index (χ0n) is 58.1. The molecule has 0 radical (unpaired) electrons. The van der Waals surface area contributed by atoms with Crippen LogP contribution in [-0.4, -0.2) is 104 Å². The number of hydrogen-bond donors (Lipinski definition) is 8. The van der Waals surface area contributed by atoms with Gasteiger partial charge in [-0.15, -0.1) is 0 Å². The van der Waals surface area contributed by atoms with Gasteiger partial charge >= 0.3 is 29.8 Å². The number of carboxylic acids is 1. The molecule has 4 fully saturated rings. The third-order valence-corrected chi connectivity index (χ3v) is 17.9. The van der Waals surface area contributed by atoms with E-state index in [2.05, 4.69) is 37.0 Å². The highest BCUT2D eigenvalue weighted by molar-refractivity contribution is 6.01. The molecule has 4 aliphatic rings. The molecule has 4 aliphatic heterocycles. The smallest absolute Gasteiger partial charge is 0.407 e. The quantitative estimate of drug-likeness (QED) is 0.0472. The van der Waals surface area contributed by atoms with Gasteiger partial charge in [-0.1, -0.05) is 166 Å². The van der Waals surface area contributed by atoms with Gasteiger partial charge in [-0.05, 0) is 98.0 Å². The van der Waals surface area contributed by atoms with Crippen molar-refractivity contribution in [2.45, 2.75) is 159 Å². The molecule has 8 atom stereocenters. The summed E-state index contributed by atoms with van der Waals surface area (Å²) in [7, 11) is 0. The first-order valence-electron chi connectivity index (χ1n) is 32.9. The van der Waals surface area contributed by atoms with Crippen LogP contribution in [0.2, 0.25) is 0 Å². The third kappa shape index (κ3) is 19.4. The number of nitrogens with zero attached hydrogens (tertiary/aromatic N) is 3. The Bertz CT molecular complexity index is 4250. The van der Waals surface area contributed by atoms with Crippen molar-refractivity contribution in [1.29, 1.82) is 0 Å². The molecule has 546 valence electrons. The van der Waals surface area contributed by atoms with E-state index in [0.29, 0.717) is 44.1 Å². The van der Waals surface area contributed by atoms with Crippen LogP contribution in [0, 0.1) is 5.82 Å². The topological polar surface area (TPSA) is 285 Å². The molecule has 7 amide bonds. The van der Waals surface area contributed by atoms with Crippen molar-refractivity contribution in [2.75, 3.05) is 4.90 Å². The summed E-state index contributed by atoms with van der Waals surface area (Å²) in [6.07, 6.45) is 1.59. The lowest BCUT2D eigenvalue weighted by molar-refractivity contribution is -0.162. The van der Waals surface area contributed by atoms with Crippen LogP contribution in [0.3, 0.4) is 0 Å². The lowest BCUT2D eigenvalue weighted by Crippen LogP contribution is -2.55.